The summed E-state index contributed by atoms with van der Waals surface area (Å²) in [5.74, 6) is 0.943. The first-order valence-electron chi connectivity index (χ1n) is 13.4. The Morgan fingerprint density at radius 1 is 1.05 bits per heavy atom. The van der Waals surface area contributed by atoms with Crippen molar-refractivity contribution in [1.82, 2.24) is 29.6 Å². The fraction of sp³-hybridized carbons (Fsp3) is 0.393. The number of anilines is 2. The summed E-state index contributed by atoms with van der Waals surface area (Å²) in [5, 5.41) is 15.0. The number of piperidine rings is 1. The quantitative estimate of drug-likeness (QED) is 0.361. The lowest BCUT2D eigenvalue weighted by atomic mass is 10.0. The minimum Gasteiger partial charge on any atom is -0.465 e. The van der Waals surface area contributed by atoms with Gasteiger partial charge in [-0.05, 0) is 48.7 Å². The predicted molar refractivity (Wildman–Crippen MR) is 148 cm³/mol. The second kappa shape index (κ2) is 11.1. The maximum Gasteiger partial charge on any atom is 0.411 e. The summed E-state index contributed by atoms with van der Waals surface area (Å²) in [6.45, 7) is 5.23. The van der Waals surface area contributed by atoms with E-state index in [0.29, 0.717) is 24.7 Å². The van der Waals surface area contributed by atoms with Crippen LogP contribution in [0.2, 0.25) is 0 Å². The summed E-state index contributed by atoms with van der Waals surface area (Å²) in [5.41, 5.74) is 3.16. The number of likely N-dealkylation sites (tertiary alicyclic amines) is 1. The first kappa shape index (κ1) is 26.1. The molecule has 208 valence electrons. The number of carbonyl (C=O) groups is 1. The van der Waals surface area contributed by atoms with Crippen molar-refractivity contribution in [3.63, 3.8) is 0 Å². The van der Waals surface area contributed by atoms with Crippen molar-refractivity contribution >= 4 is 28.6 Å². The van der Waals surface area contributed by atoms with Crippen LogP contribution in [0.4, 0.5) is 20.7 Å². The average Bonchev–Trinajstić information content (AvgIpc) is 3.42. The molecule has 3 aromatic heterocycles. The lowest BCUT2D eigenvalue weighted by molar-refractivity contribution is 0.122. The van der Waals surface area contributed by atoms with E-state index in [-0.39, 0.29) is 6.04 Å². The number of hydrogen-bond donors (Lipinski definition) is 1. The van der Waals surface area contributed by atoms with Crippen LogP contribution in [0.5, 0.6) is 0 Å². The first-order valence-corrected chi connectivity index (χ1v) is 13.4. The molecule has 0 bridgehead atoms. The number of aromatic nitrogens is 5. The molecule has 1 N–H and O–H groups in total. The third-order valence-electron chi connectivity index (χ3n) is 7.64. The zero-order chi connectivity index (χ0) is 27.6. The van der Waals surface area contributed by atoms with Crippen LogP contribution in [0.1, 0.15) is 24.4 Å². The van der Waals surface area contributed by atoms with Gasteiger partial charge in [0.15, 0.2) is 11.5 Å². The maximum absolute atomic E-state index is 13.2. The zero-order valence-electron chi connectivity index (χ0n) is 22.3. The van der Waals surface area contributed by atoms with Gasteiger partial charge >= 0.3 is 6.09 Å². The minimum atomic E-state index is -1.02. The number of amides is 1. The molecule has 0 spiro atoms. The van der Waals surface area contributed by atoms with Crippen LogP contribution in [0, 0.1) is 5.95 Å². The number of fused-ring (bicyclic) bond motifs is 1. The average molecular weight is 547 g/mol. The van der Waals surface area contributed by atoms with E-state index in [9.17, 15) is 14.3 Å². The number of morpholine rings is 1. The molecule has 11 nitrogen and oxygen atoms in total. The van der Waals surface area contributed by atoms with E-state index in [4.69, 9.17) is 19.8 Å². The van der Waals surface area contributed by atoms with Gasteiger partial charge in [0.1, 0.15) is 5.82 Å². The van der Waals surface area contributed by atoms with E-state index in [1.807, 2.05) is 23.0 Å². The molecule has 5 heterocycles. The third-order valence-corrected chi connectivity index (χ3v) is 7.64. The fourth-order valence-electron chi connectivity index (χ4n) is 5.35. The Morgan fingerprint density at radius 2 is 1.80 bits per heavy atom. The van der Waals surface area contributed by atoms with Crippen molar-refractivity contribution in [2.45, 2.75) is 25.4 Å². The summed E-state index contributed by atoms with van der Waals surface area (Å²) < 4.78 is 20.8. The van der Waals surface area contributed by atoms with Crippen molar-refractivity contribution in [2.24, 2.45) is 0 Å². The van der Waals surface area contributed by atoms with Crippen LogP contribution in [0.15, 0.2) is 48.8 Å². The molecule has 1 amide bonds. The molecule has 2 aliphatic rings. The maximum atomic E-state index is 13.2. The molecule has 0 atom stereocenters. The second-order valence-corrected chi connectivity index (χ2v) is 10.2. The molecule has 6 rings (SSSR count). The van der Waals surface area contributed by atoms with Crippen molar-refractivity contribution in [3.05, 3.63) is 60.3 Å². The number of ether oxygens (including phenoxy) is 1. The van der Waals surface area contributed by atoms with Crippen LogP contribution in [0.25, 0.3) is 22.4 Å². The summed E-state index contributed by atoms with van der Waals surface area (Å²) in [6.07, 6.45) is 4.26. The summed E-state index contributed by atoms with van der Waals surface area (Å²) >= 11 is 0. The smallest absolute Gasteiger partial charge is 0.411 e. The molecule has 0 radical (unpaired) electrons. The van der Waals surface area contributed by atoms with Crippen LogP contribution >= 0.6 is 0 Å². The molecule has 0 unspecified atom stereocenters. The summed E-state index contributed by atoms with van der Waals surface area (Å²) in [7, 11) is 1.51. The van der Waals surface area contributed by atoms with Crippen LogP contribution in [-0.2, 0) is 11.3 Å². The molecular weight excluding hydrogens is 515 g/mol. The highest BCUT2D eigenvalue weighted by atomic mass is 19.1. The SMILES string of the molecule is CN(C(=O)O)c1ccc(-c2nc(N3CCOCC3)c3cnn(C4CCN(Cc5ccc(F)nc5)CC4)c3n2)cc1. The lowest BCUT2D eigenvalue weighted by Crippen LogP contribution is -2.37. The minimum absolute atomic E-state index is 0.187. The van der Waals surface area contributed by atoms with Crippen molar-refractivity contribution < 1.29 is 19.0 Å². The van der Waals surface area contributed by atoms with Gasteiger partial charge < -0.3 is 14.7 Å². The molecule has 2 aliphatic heterocycles. The van der Waals surface area contributed by atoms with Crippen molar-refractivity contribution in [1.29, 1.82) is 0 Å². The monoisotopic (exact) mass is 546 g/mol. The third kappa shape index (κ3) is 5.32. The van der Waals surface area contributed by atoms with Gasteiger partial charge in [0.25, 0.3) is 0 Å². The van der Waals surface area contributed by atoms with Gasteiger partial charge in [-0.1, -0.05) is 6.07 Å². The lowest BCUT2D eigenvalue weighted by Gasteiger charge is -2.32. The number of carboxylic acid groups (broad SMARTS) is 1. The predicted octanol–water partition coefficient (Wildman–Crippen LogP) is 3.82. The van der Waals surface area contributed by atoms with Gasteiger partial charge in [-0.15, -0.1) is 0 Å². The second-order valence-electron chi connectivity index (χ2n) is 10.2. The molecule has 0 saturated carbocycles. The Balaban J connectivity index is 1.29. The number of halogens is 1. The van der Waals surface area contributed by atoms with Crippen molar-refractivity contribution in [2.75, 3.05) is 56.2 Å². The van der Waals surface area contributed by atoms with Gasteiger partial charge in [0, 0.05) is 57.2 Å². The van der Waals surface area contributed by atoms with Gasteiger partial charge in [-0.25, -0.2) is 24.4 Å². The number of hydrogen-bond acceptors (Lipinski definition) is 8. The van der Waals surface area contributed by atoms with Gasteiger partial charge in [-0.3, -0.25) is 9.80 Å². The van der Waals surface area contributed by atoms with E-state index in [1.165, 1.54) is 18.0 Å². The van der Waals surface area contributed by atoms with Gasteiger partial charge in [0.05, 0.1) is 30.8 Å². The van der Waals surface area contributed by atoms with Gasteiger partial charge in [-0.2, -0.15) is 9.49 Å². The molecule has 2 fully saturated rings. The van der Waals surface area contributed by atoms with Crippen LogP contribution in [-0.4, -0.2) is 87.3 Å². The van der Waals surface area contributed by atoms with E-state index >= 15 is 0 Å². The highest BCUT2D eigenvalue weighted by molar-refractivity contribution is 5.89. The molecule has 12 heteroatoms. The van der Waals surface area contributed by atoms with E-state index in [2.05, 4.69) is 14.8 Å². The molecule has 40 heavy (non-hydrogen) atoms. The topological polar surface area (TPSA) is 113 Å². The Morgan fingerprint density at radius 3 is 2.48 bits per heavy atom. The summed E-state index contributed by atoms with van der Waals surface area (Å²) in [4.78, 5) is 30.8. The number of rotatable bonds is 6. The molecular formula is C28H31FN8O3. The molecule has 1 aromatic carbocycles. The number of nitrogens with zero attached hydrogens (tertiary/aromatic N) is 8. The Labute approximate surface area is 230 Å². The van der Waals surface area contributed by atoms with E-state index < -0.39 is 12.0 Å². The Bertz CT molecular complexity index is 1480. The first-order chi connectivity index (χ1) is 19.5. The largest absolute Gasteiger partial charge is 0.465 e. The Kier molecular flexibility index (Phi) is 7.27. The number of pyridine rings is 1. The van der Waals surface area contributed by atoms with Crippen LogP contribution in [0.3, 0.4) is 0 Å². The normalized spacial score (nSPS) is 16.9. The highest BCUT2D eigenvalue weighted by Gasteiger charge is 2.26. The fourth-order valence-corrected chi connectivity index (χ4v) is 5.35. The Hall–Kier alpha value is -4.16. The highest BCUT2D eigenvalue weighted by Crippen LogP contribution is 2.32. The standard InChI is InChI=1S/C28H31FN8O3/c1-34(28(38)39)21-5-3-20(4-6-21)25-32-26(36-12-14-40-15-13-36)23-17-31-37(27(23)33-25)22-8-10-35(11-9-22)18-19-2-7-24(29)30-16-19/h2-7,16-17,22H,8-15,18H2,1H3,(H,38,39). The van der Waals surface area contributed by atoms with Crippen molar-refractivity contribution in [3.8, 4) is 11.4 Å². The zero-order valence-corrected chi connectivity index (χ0v) is 22.3. The number of benzene rings is 1. The molecule has 4 aromatic rings. The van der Waals surface area contributed by atoms with E-state index in [1.54, 1.807) is 24.4 Å². The van der Waals surface area contributed by atoms with Gasteiger partial charge in [0.2, 0.25) is 5.95 Å². The summed E-state index contributed by atoms with van der Waals surface area (Å²) in [6, 6.07) is 10.6. The molecule has 0 aliphatic carbocycles. The van der Waals surface area contributed by atoms with Crippen LogP contribution < -0.4 is 9.80 Å². The molecule has 2 saturated heterocycles. The van der Waals surface area contributed by atoms with E-state index in [0.717, 1.165) is 73.5 Å².